The summed E-state index contributed by atoms with van der Waals surface area (Å²) in [5, 5.41) is 8.91. The van der Waals surface area contributed by atoms with E-state index in [1.807, 2.05) is 13.0 Å². The molecule has 0 radical (unpaired) electrons. The van der Waals surface area contributed by atoms with E-state index in [2.05, 4.69) is 9.72 Å². The van der Waals surface area contributed by atoms with Crippen molar-refractivity contribution in [3.05, 3.63) is 47.2 Å². The molecular weight excluding hydrogens is 270 g/mol. The number of aromatic nitrogens is 1. The number of pyridine rings is 1. The molecule has 0 aliphatic rings. The highest BCUT2D eigenvalue weighted by molar-refractivity contribution is 5.95. The number of hydrogen-bond acceptors (Lipinski definition) is 6. The van der Waals surface area contributed by atoms with Crippen molar-refractivity contribution in [2.45, 2.75) is 6.92 Å². The zero-order valence-corrected chi connectivity index (χ0v) is 11.6. The number of carbonyl (C=O) groups is 1. The molecule has 1 aromatic carbocycles. The van der Waals surface area contributed by atoms with E-state index in [0.717, 1.165) is 5.56 Å². The lowest BCUT2D eigenvalue weighted by Gasteiger charge is -2.10. The van der Waals surface area contributed by atoms with Crippen molar-refractivity contribution >= 4 is 11.7 Å². The second-order valence-electron chi connectivity index (χ2n) is 4.30. The number of ether oxygens (including phenoxy) is 2. The lowest BCUT2D eigenvalue weighted by Crippen LogP contribution is -2.06. The smallest absolute Gasteiger partial charge is 0.340 e. The molecule has 6 nitrogen and oxygen atoms in total. The number of hydrogen-bond donors (Lipinski definition) is 1. The number of nitrogen functional groups attached to an aromatic ring is 1. The van der Waals surface area contributed by atoms with Crippen LogP contribution in [0.25, 0.3) is 0 Å². The number of nitrogens with two attached hydrogens (primary N) is 1. The van der Waals surface area contributed by atoms with Crippen molar-refractivity contribution in [3.63, 3.8) is 0 Å². The van der Waals surface area contributed by atoms with Gasteiger partial charge in [0.2, 0.25) is 5.88 Å². The third kappa shape index (κ3) is 3.09. The van der Waals surface area contributed by atoms with E-state index in [4.69, 9.17) is 15.7 Å². The van der Waals surface area contributed by atoms with Gasteiger partial charge in [-0.1, -0.05) is 6.07 Å². The van der Waals surface area contributed by atoms with Gasteiger partial charge in [0.25, 0.3) is 0 Å². The highest BCUT2D eigenvalue weighted by Crippen LogP contribution is 2.26. The largest absolute Gasteiger partial charge is 0.465 e. The van der Waals surface area contributed by atoms with Gasteiger partial charge in [0.1, 0.15) is 5.75 Å². The Morgan fingerprint density at radius 1 is 1.38 bits per heavy atom. The highest BCUT2D eigenvalue weighted by atomic mass is 16.5. The van der Waals surface area contributed by atoms with Gasteiger partial charge < -0.3 is 15.2 Å². The molecule has 0 aliphatic heterocycles. The molecule has 2 N–H and O–H groups in total. The Kier molecular flexibility index (Phi) is 4.05. The van der Waals surface area contributed by atoms with Crippen LogP contribution in [0.4, 0.5) is 5.69 Å². The Morgan fingerprint density at radius 3 is 2.81 bits per heavy atom. The molecule has 106 valence electrons. The van der Waals surface area contributed by atoms with Crippen LogP contribution in [0, 0.1) is 18.3 Å². The number of nitrogens with zero attached hydrogens (tertiary/aromatic N) is 2. The van der Waals surface area contributed by atoms with Crippen LogP contribution in [0.5, 0.6) is 11.6 Å². The van der Waals surface area contributed by atoms with Gasteiger partial charge in [-0.2, -0.15) is 5.26 Å². The van der Waals surface area contributed by atoms with E-state index in [1.165, 1.54) is 19.4 Å². The monoisotopic (exact) mass is 283 g/mol. The molecule has 0 fully saturated rings. The summed E-state index contributed by atoms with van der Waals surface area (Å²) in [7, 11) is 1.27. The first-order chi connectivity index (χ1) is 10.0. The van der Waals surface area contributed by atoms with Crippen LogP contribution >= 0.6 is 0 Å². The van der Waals surface area contributed by atoms with Gasteiger partial charge in [-0.05, 0) is 24.6 Å². The fourth-order valence-electron chi connectivity index (χ4n) is 1.68. The average Bonchev–Trinajstić information content (AvgIpc) is 2.50. The third-order valence-corrected chi connectivity index (χ3v) is 2.85. The maximum atomic E-state index is 11.6. The molecule has 2 rings (SSSR count). The fourth-order valence-corrected chi connectivity index (χ4v) is 1.68. The van der Waals surface area contributed by atoms with E-state index in [1.54, 1.807) is 18.2 Å². The van der Waals surface area contributed by atoms with Crippen LogP contribution in [0.2, 0.25) is 0 Å². The van der Waals surface area contributed by atoms with Crippen LogP contribution in [0.15, 0.2) is 30.5 Å². The standard InChI is InChI=1S/C15H13N3O3/c1-9-3-4-10(7-16)5-13(9)21-14-6-11(15(19)20-2)12(17)8-18-14/h3-6,8H,17H2,1-2H3. The molecule has 2 aromatic rings. The maximum Gasteiger partial charge on any atom is 0.340 e. The van der Waals surface area contributed by atoms with Gasteiger partial charge >= 0.3 is 5.97 Å². The Balaban J connectivity index is 2.36. The minimum absolute atomic E-state index is 0.177. The van der Waals surface area contributed by atoms with Gasteiger partial charge in [-0.25, -0.2) is 9.78 Å². The van der Waals surface area contributed by atoms with Crippen molar-refractivity contribution in [1.29, 1.82) is 5.26 Å². The Labute approximate surface area is 121 Å². The zero-order valence-electron chi connectivity index (χ0n) is 11.6. The summed E-state index contributed by atoms with van der Waals surface area (Å²) in [6.45, 7) is 1.84. The van der Waals surface area contributed by atoms with E-state index in [9.17, 15) is 4.79 Å². The first-order valence-electron chi connectivity index (χ1n) is 6.07. The van der Waals surface area contributed by atoms with Crippen molar-refractivity contribution in [1.82, 2.24) is 4.98 Å². The van der Waals surface area contributed by atoms with Gasteiger partial charge in [0.05, 0.1) is 36.2 Å². The number of anilines is 1. The second kappa shape index (κ2) is 5.92. The highest BCUT2D eigenvalue weighted by Gasteiger charge is 2.13. The molecule has 0 saturated heterocycles. The summed E-state index contributed by atoms with van der Waals surface area (Å²) in [6.07, 6.45) is 1.32. The van der Waals surface area contributed by atoms with E-state index >= 15 is 0 Å². The summed E-state index contributed by atoms with van der Waals surface area (Å²) in [5.41, 5.74) is 7.37. The summed E-state index contributed by atoms with van der Waals surface area (Å²) < 4.78 is 10.3. The molecule has 0 amide bonds. The predicted octanol–water partition coefficient (Wildman–Crippen LogP) is 2.42. The number of benzene rings is 1. The third-order valence-electron chi connectivity index (χ3n) is 2.85. The normalized spacial score (nSPS) is 9.76. The van der Waals surface area contributed by atoms with Gasteiger partial charge in [-0.15, -0.1) is 0 Å². The minimum Gasteiger partial charge on any atom is -0.465 e. The number of carbonyl (C=O) groups excluding carboxylic acids is 1. The number of methoxy groups -OCH3 is 1. The second-order valence-corrected chi connectivity index (χ2v) is 4.30. The van der Waals surface area contributed by atoms with Crippen molar-refractivity contribution in [3.8, 4) is 17.7 Å². The van der Waals surface area contributed by atoms with Crippen molar-refractivity contribution in [2.75, 3.05) is 12.8 Å². The molecule has 0 atom stereocenters. The number of nitriles is 1. The van der Waals surface area contributed by atoms with E-state index in [-0.39, 0.29) is 17.1 Å². The summed E-state index contributed by atoms with van der Waals surface area (Å²) in [6, 6.07) is 8.50. The molecule has 0 spiro atoms. The minimum atomic E-state index is -0.567. The van der Waals surface area contributed by atoms with Crippen molar-refractivity contribution in [2.24, 2.45) is 0 Å². The van der Waals surface area contributed by atoms with Gasteiger partial charge in [-0.3, -0.25) is 0 Å². The van der Waals surface area contributed by atoms with Crippen LogP contribution < -0.4 is 10.5 Å². The summed E-state index contributed by atoms with van der Waals surface area (Å²) in [5.74, 6) is 0.118. The molecule has 6 heteroatoms. The van der Waals surface area contributed by atoms with Crippen molar-refractivity contribution < 1.29 is 14.3 Å². The number of aryl methyl sites for hydroxylation is 1. The molecule has 1 aromatic heterocycles. The molecule has 0 aliphatic carbocycles. The first kappa shape index (κ1) is 14.3. The Hall–Kier alpha value is -3.07. The van der Waals surface area contributed by atoms with Crippen LogP contribution in [0.3, 0.4) is 0 Å². The van der Waals surface area contributed by atoms with Gasteiger partial charge in [0.15, 0.2) is 0 Å². The molecule has 21 heavy (non-hydrogen) atoms. The molecule has 0 bridgehead atoms. The lowest BCUT2D eigenvalue weighted by molar-refractivity contribution is 0.0601. The number of rotatable bonds is 3. The fraction of sp³-hybridized carbons (Fsp3) is 0.133. The van der Waals surface area contributed by atoms with Crippen LogP contribution in [0.1, 0.15) is 21.5 Å². The first-order valence-corrected chi connectivity index (χ1v) is 6.07. The van der Waals surface area contributed by atoms with E-state index < -0.39 is 5.97 Å². The molecular formula is C15H13N3O3. The summed E-state index contributed by atoms with van der Waals surface area (Å²) in [4.78, 5) is 15.6. The SMILES string of the molecule is COC(=O)c1cc(Oc2cc(C#N)ccc2C)ncc1N. The maximum absolute atomic E-state index is 11.6. The molecule has 0 saturated carbocycles. The number of esters is 1. The van der Waals surface area contributed by atoms with E-state index in [0.29, 0.717) is 11.3 Å². The quantitative estimate of drug-likeness (QED) is 0.868. The zero-order chi connectivity index (χ0) is 15.4. The van der Waals surface area contributed by atoms with Crippen LogP contribution in [-0.2, 0) is 4.74 Å². The molecule has 0 unspecified atom stereocenters. The lowest BCUT2D eigenvalue weighted by atomic mass is 10.1. The Bertz CT molecular complexity index is 735. The predicted molar refractivity (Wildman–Crippen MR) is 76.0 cm³/mol. The van der Waals surface area contributed by atoms with Crippen LogP contribution in [-0.4, -0.2) is 18.1 Å². The summed E-state index contributed by atoms with van der Waals surface area (Å²) >= 11 is 0. The topological polar surface area (TPSA) is 98.2 Å². The molecule has 1 heterocycles. The van der Waals surface area contributed by atoms with Gasteiger partial charge in [0, 0.05) is 6.07 Å². The average molecular weight is 283 g/mol. The Morgan fingerprint density at radius 2 is 2.14 bits per heavy atom.